The van der Waals surface area contributed by atoms with Crippen LogP contribution in [-0.4, -0.2) is 34.8 Å². The third-order valence-electron chi connectivity index (χ3n) is 6.59. The molecule has 1 aromatic heterocycles. The van der Waals surface area contributed by atoms with Crippen molar-refractivity contribution in [1.82, 2.24) is 15.1 Å². The van der Waals surface area contributed by atoms with Crippen molar-refractivity contribution in [2.75, 3.05) is 19.7 Å². The number of rotatable bonds is 6. The summed E-state index contributed by atoms with van der Waals surface area (Å²) in [6, 6.07) is 17.5. The number of ether oxygens (including phenoxy) is 1. The molecule has 1 aliphatic heterocycles. The normalized spacial score (nSPS) is 22.0. The minimum absolute atomic E-state index is 0.603. The lowest BCUT2D eigenvalue weighted by Crippen LogP contribution is -2.27. The van der Waals surface area contributed by atoms with Crippen LogP contribution >= 0.6 is 0 Å². The van der Waals surface area contributed by atoms with Crippen LogP contribution in [0.1, 0.15) is 48.4 Å². The highest BCUT2D eigenvalue weighted by atomic mass is 16.5. The number of aromatic nitrogens is 2. The molecule has 4 nitrogen and oxygen atoms in total. The Morgan fingerprint density at radius 3 is 2.41 bits per heavy atom. The van der Waals surface area contributed by atoms with Crippen LogP contribution in [0.15, 0.2) is 48.5 Å². The second-order valence-corrected chi connectivity index (χ2v) is 8.71. The standard InChI is InChI=1S/C25H29N3O/c1-18-23-6-2-3-7-24(23)25(27-26-18)29-17-20-14-22(15-20)21-10-8-19(9-11-21)16-28-12-4-5-13-28/h2-3,6-11,20,22H,4-5,12-17H2,1H3. The van der Waals surface area contributed by atoms with E-state index in [0.717, 1.165) is 29.6 Å². The Hall–Kier alpha value is -2.46. The Labute approximate surface area is 172 Å². The molecule has 0 N–H and O–H groups in total. The lowest BCUT2D eigenvalue weighted by molar-refractivity contribution is 0.154. The minimum atomic E-state index is 0.603. The summed E-state index contributed by atoms with van der Waals surface area (Å²) in [6.07, 6.45) is 5.10. The van der Waals surface area contributed by atoms with Gasteiger partial charge in [0.05, 0.1) is 12.3 Å². The molecule has 0 atom stereocenters. The van der Waals surface area contributed by atoms with Crippen molar-refractivity contribution in [1.29, 1.82) is 0 Å². The van der Waals surface area contributed by atoms with Gasteiger partial charge in [0.2, 0.25) is 5.88 Å². The molecule has 2 heterocycles. The molecule has 4 heteroatoms. The van der Waals surface area contributed by atoms with Gasteiger partial charge in [-0.05, 0) is 74.7 Å². The van der Waals surface area contributed by atoms with Gasteiger partial charge in [0.25, 0.3) is 0 Å². The Morgan fingerprint density at radius 1 is 0.931 bits per heavy atom. The highest BCUT2D eigenvalue weighted by molar-refractivity contribution is 5.88. The van der Waals surface area contributed by atoms with Crippen LogP contribution in [0.5, 0.6) is 5.88 Å². The third kappa shape index (κ3) is 3.99. The van der Waals surface area contributed by atoms with Crippen molar-refractivity contribution >= 4 is 10.8 Å². The fourth-order valence-corrected chi connectivity index (χ4v) is 4.75. The highest BCUT2D eigenvalue weighted by Crippen LogP contribution is 2.42. The lowest BCUT2D eigenvalue weighted by Gasteiger charge is -2.35. The van der Waals surface area contributed by atoms with E-state index in [-0.39, 0.29) is 0 Å². The molecule has 0 bridgehead atoms. The molecule has 2 aliphatic rings. The van der Waals surface area contributed by atoms with Crippen molar-refractivity contribution in [2.24, 2.45) is 5.92 Å². The maximum Gasteiger partial charge on any atom is 0.241 e. The molecule has 0 spiro atoms. The summed E-state index contributed by atoms with van der Waals surface area (Å²) in [5.74, 6) is 1.94. The first-order chi connectivity index (χ1) is 14.3. The van der Waals surface area contributed by atoms with Crippen LogP contribution in [-0.2, 0) is 6.54 Å². The van der Waals surface area contributed by atoms with Gasteiger partial charge in [-0.1, -0.05) is 42.5 Å². The predicted molar refractivity (Wildman–Crippen MR) is 116 cm³/mol. The first-order valence-corrected chi connectivity index (χ1v) is 10.9. The maximum atomic E-state index is 6.08. The molecule has 29 heavy (non-hydrogen) atoms. The zero-order valence-electron chi connectivity index (χ0n) is 17.2. The second kappa shape index (κ2) is 8.11. The second-order valence-electron chi connectivity index (χ2n) is 8.71. The van der Waals surface area contributed by atoms with E-state index in [9.17, 15) is 0 Å². The van der Waals surface area contributed by atoms with E-state index in [2.05, 4.69) is 51.5 Å². The molecule has 1 aliphatic carbocycles. The van der Waals surface area contributed by atoms with Gasteiger partial charge in [-0.3, -0.25) is 4.90 Å². The third-order valence-corrected chi connectivity index (χ3v) is 6.59. The van der Waals surface area contributed by atoms with E-state index in [1.165, 1.54) is 49.9 Å². The van der Waals surface area contributed by atoms with Gasteiger partial charge in [-0.2, -0.15) is 5.10 Å². The molecule has 1 saturated carbocycles. The van der Waals surface area contributed by atoms with E-state index in [1.807, 2.05) is 19.1 Å². The number of nitrogens with zero attached hydrogens (tertiary/aromatic N) is 3. The van der Waals surface area contributed by atoms with Gasteiger partial charge in [-0.15, -0.1) is 5.10 Å². The van der Waals surface area contributed by atoms with E-state index >= 15 is 0 Å². The minimum Gasteiger partial charge on any atom is -0.476 e. The largest absolute Gasteiger partial charge is 0.476 e. The van der Waals surface area contributed by atoms with Crippen LogP contribution in [0.25, 0.3) is 10.8 Å². The molecule has 2 aromatic carbocycles. The molecule has 0 amide bonds. The number of benzene rings is 2. The maximum absolute atomic E-state index is 6.08. The smallest absolute Gasteiger partial charge is 0.241 e. The van der Waals surface area contributed by atoms with Gasteiger partial charge in [0.1, 0.15) is 0 Å². The molecule has 2 fully saturated rings. The number of hydrogen-bond donors (Lipinski definition) is 0. The molecule has 5 rings (SSSR count). The van der Waals surface area contributed by atoms with Crippen molar-refractivity contribution in [3.05, 3.63) is 65.4 Å². The fraction of sp³-hybridized carbons (Fsp3) is 0.440. The van der Waals surface area contributed by atoms with Crippen LogP contribution in [0, 0.1) is 12.8 Å². The van der Waals surface area contributed by atoms with E-state index < -0.39 is 0 Å². The molecular formula is C25H29N3O. The van der Waals surface area contributed by atoms with E-state index in [4.69, 9.17) is 4.74 Å². The van der Waals surface area contributed by atoms with Crippen LogP contribution in [0.4, 0.5) is 0 Å². The summed E-state index contributed by atoms with van der Waals surface area (Å²) in [4.78, 5) is 2.56. The predicted octanol–water partition coefficient (Wildman–Crippen LogP) is 5.11. The summed E-state index contributed by atoms with van der Waals surface area (Å²) < 4.78 is 6.08. The van der Waals surface area contributed by atoms with Crippen LogP contribution < -0.4 is 4.74 Å². The summed E-state index contributed by atoms with van der Waals surface area (Å²) in [5.41, 5.74) is 3.87. The SMILES string of the molecule is Cc1nnc(OCC2CC(c3ccc(CN4CCCC4)cc3)C2)c2ccccc12. The first kappa shape index (κ1) is 18.6. The van der Waals surface area contributed by atoms with Crippen molar-refractivity contribution in [2.45, 2.75) is 45.1 Å². The zero-order chi connectivity index (χ0) is 19.6. The summed E-state index contributed by atoms with van der Waals surface area (Å²) in [5, 5.41) is 10.7. The van der Waals surface area contributed by atoms with Gasteiger partial charge < -0.3 is 4.74 Å². The van der Waals surface area contributed by atoms with Gasteiger partial charge >= 0.3 is 0 Å². The van der Waals surface area contributed by atoms with Gasteiger partial charge in [0, 0.05) is 17.3 Å². The Kier molecular flexibility index (Phi) is 5.19. The zero-order valence-corrected chi connectivity index (χ0v) is 17.2. The topological polar surface area (TPSA) is 38.3 Å². The van der Waals surface area contributed by atoms with Crippen molar-refractivity contribution in [3.63, 3.8) is 0 Å². The average Bonchev–Trinajstić information content (AvgIpc) is 3.23. The van der Waals surface area contributed by atoms with Crippen LogP contribution in [0.2, 0.25) is 0 Å². The Bertz CT molecular complexity index is 973. The summed E-state index contributed by atoms with van der Waals surface area (Å²) >= 11 is 0. The highest BCUT2D eigenvalue weighted by Gasteiger charge is 2.31. The van der Waals surface area contributed by atoms with E-state index in [0.29, 0.717) is 17.7 Å². The number of fused-ring (bicyclic) bond motifs is 1. The van der Waals surface area contributed by atoms with Crippen molar-refractivity contribution in [3.8, 4) is 5.88 Å². The monoisotopic (exact) mass is 387 g/mol. The molecule has 0 unspecified atom stereocenters. The molecule has 1 saturated heterocycles. The molecule has 0 radical (unpaired) electrons. The molecule has 150 valence electrons. The number of hydrogen-bond acceptors (Lipinski definition) is 4. The Morgan fingerprint density at radius 2 is 1.66 bits per heavy atom. The fourth-order valence-electron chi connectivity index (χ4n) is 4.75. The summed E-state index contributed by atoms with van der Waals surface area (Å²) in [7, 11) is 0. The summed E-state index contributed by atoms with van der Waals surface area (Å²) in [6.45, 7) is 6.34. The van der Waals surface area contributed by atoms with E-state index in [1.54, 1.807) is 0 Å². The van der Waals surface area contributed by atoms with Gasteiger partial charge in [-0.25, -0.2) is 0 Å². The van der Waals surface area contributed by atoms with Gasteiger partial charge in [0.15, 0.2) is 0 Å². The molecular weight excluding hydrogens is 358 g/mol. The lowest BCUT2D eigenvalue weighted by atomic mass is 9.72. The Balaban J connectivity index is 1.14. The first-order valence-electron chi connectivity index (χ1n) is 10.9. The van der Waals surface area contributed by atoms with Crippen molar-refractivity contribution < 1.29 is 4.74 Å². The van der Waals surface area contributed by atoms with Crippen LogP contribution in [0.3, 0.4) is 0 Å². The average molecular weight is 388 g/mol. The molecule has 3 aromatic rings. The quantitative estimate of drug-likeness (QED) is 0.589. The number of likely N-dealkylation sites (tertiary alicyclic amines) is 1. The number of aryl methyl sites for hydroxylation is 1.